The second-order valence-corrected chi connectivity index (χ2v) is 6.83. The Balaban J connectivity index is 1.48. The van der Waals surface area contributed by atoms with Crippen LogP contribution in [0.4, 0.5) is 13.2 Å². The van der Waals surface area contributed by atoms with E-state index in [1.807, 2.05) is 0 Å². The molecule has 0 aliphatic carbocycles. The molecule has 3 rings (SSSR count). The van der Waals surface area contributed by atoms with Crippen molar-refractivity contribution in [3.63, 3.8) is 0 Å². The van der Waals surface area contributed by atoms with Crippen molar-refractivity contribution in [1.82, 2.24) is 10.2 Å². The van der Waals surface area contributed by atoms with Gasteiger partial charge >= 0.3 is 6.18 Å². The van der Waals surface area contributed by atoms with E-state index in [1.165, 1.54) is 12.1 Å². The molecule has 1 aromatic rings. The minimum absolute atomic E-state index is 0.0507. The lowest BCUT2D eigenvalue weighted by atomic mass is 10.1. The van der Waals surface area contributed by atoms with Gasteiger partial charge in [-0.2, -0.15) is 13.2 Å². The summed E-state index contributed by atoms with van der Waals surface area (Å²) in [5, 5.41) is 3.30. The Morgan fingerprint density at radius 1 is 1.19 bits per heavy atom. The van der Waals surface area contributed by atoms with E-state index in [1.54, 1.807) is 7.05 Å². The summed E-state index contributed by atoms with van der Waals surface area (Å²) in [5.41, 5.74) is 0.230. The zero-order chi connectivity index (χ0) is 19.3. The highest BCUT2D eigenvalue weighted by Crippen LogP contribution is 2.29. The molecule has 0 saturated carbocycles. The fourth-order valence-corrected chi connectivity index (χ4v) is 3.50. The number of halogens is 3. The average molecular weight is 385 g/mol. The molecule has 2 unspecified atom stereocenters. The third-order valence-electron chi connectivity index (χ3n) is 4.96. The lowest BCUT2D eigenvalue weighted by Crippen LogP contribution is -2.53. The van der Waals surface area contributed by atoms with E-state index in [9.17, 15) is 13.2 Å². The molecule has 2 heterocycles. The first-order valence-corrected chi connectivity index (χ1v) is 9.32. The fraction of sp³-hybridized carbons (Fsp3) is 0.632. The second kappa shape index (κ2) is 8.93. The van der Waals surface area contributed by atoms with Crippen LogP contribution < -0.4 is 5.32 Å². The molecule has 2 saturated heterocycles. The number of guanidine groups is 1. The van der Waals surface area contributed by atoms with E-state index in [0.29, 0.717) is 19.6 Å². The highest BCUT2D eigenvalue weighted by atomic mass is 19.4. The maximum Gasteiger partial charge on any atom is 0.416 e. The molecule has 0 radical (unpaired) electrons. The Kier molecular flexibility index (Phi) is 6.59. The number of aliphatic imine (C=N–C) groups is 1. The zero-order valence-corrected chi connectivity index (χ0v) is 15.5. The lowest BCUT2D eigenvalue weighted by Gasteiger charge is -2.37. The Morgan fingerprint density at radius 2 is 1.93 bits per heavy atom. The average Bonchev–Trinajstić information content (AvgIpc) is 3.20. The van der Waals surface area contributed by atoms with E-state index >= 15 is 0 Å². The van der Waals surface area contributed by atoms with E-state index in [0.717, 1.165) is 56.2 Å². The largest absolute Gasteiger partial charge is 0.416 e. The van der Waals surface area contributed by atoms with E-state index < -0.39 is 11.7 Å². The second-order valence-electron chi connectivity index (χ2n) is 6.83. The van der Waals surface area contributed by atoms with Crippen LogP contribution in [0.15, 0.2) is 29.3 Å². The molecule has 150 valence electrons. The predicted molar refractivity (Wildman–Crippen MR) is 96.8 cm³/mol. The van der Waals surface area contributed by atoms with E-state index in [4.69, 9.17) is 9.47 Å². The monoisotopic (exact) mass is 385 g/mol. The summed E-state index contributed by atoms with van der Waals surface area (Å²) in [5.74, 6) is 0.785. The van der Waals surface area contributed by atoms with Crippen LogP contribution >= 0.6 is 0 Å². The van der Waals surface area contributed by atoms with Gasteiger partial charge in [0, 0.05) is 33.3 Å². The number of benzene rings is 1. The molecule has 2 aliphatic heterocycles. The van der Waals surface area contributed by atoms with Crippen LogP contribution in [0.25, 0.3) is 0 Å². The maximum atomic E-state index is 12.6. The Hall–Kier alpha value is -1.80. The van der Waals surface area contributed by atoms with Gasteiger partial charge < -0.3 is 19.7 Å². The van der Waals surface area contributed by atoms with Crippen LogP contribution in [0.5, 0.6) is 0 Å². The number of ether oxygens (including phenoxy) is 2. The van der Waals surface area contributed by atoms with Crippen molar-refractivity contribution in [2.75, 3.05) is 39.9 Å². The summed E-state index contributed by atoms with van der Waals surface area (Å²) >= 11 is 0. The van der Waals surface area contributed by atoms with Crippen molar-refractivity contribution >= 4 is 5.96 Å². The topological polar surface area (TPSA) is 46.1 Å². The molecule has 8 heteroatoms. The van der Waals surface area contributed by atoms with Crippen LogP contribution in [0.1, 0.15) is 24.0 Å². The van der Waals surface area contributed by atoms with Crippen LogP contribution in [-0.4, -0.2) is 63.0 Å². The molecule has 2 atom stereocenters. The number of nitrogens with zero attached hydrogens (tertiary/aromatic N) is 2. The minimum atomic E-state index is -4.30. The molecule has 0 bridgehead atoms. The Bertz CT molecular complexity index is 628. The molecule has 0 spiro atoms. The van der Waals surface area contributed by atoms with Gasteiger partial charge in [0.15, 0.2) is 5.96 Å². The smallest absolute Gasteiger partial charge is 0.375 e. The number of rotatable bonds is 4. The number of alkyl halides is 3. The van der Waals surface area contributed by atoms with Gasteiger partial charge in [-0.1, -0.05) is 12.1 Å². The van der Waals surface area contributed by atoms with Crippen molar-refractivity contribution < 1.29 is 22.6 Å². The first-order valence-electron chi connectivity index (χ1n) is 9.32. The van der Waals surface area contributed by atoms with Gasteiger partial charge in [-0.05, 0) is 37.0 Å². The van der Waals surface area contributed by atoms with Crippen LogP contribution in [-0.2, 0) is 22.1 Å². The molecule has 5 nitrogen and oxygen atoms in total. The molecule has 2 aliphatic rings. The first-order chi connectivity index (χ1) is 13.0. The molecule has 0 aromatic heterocycles. The standard InChI is InChI=1S/C19H26F3N3O2/c1-23-18(25-10-12-27-17(13-25)16-3-2-11-26-16)24-9-8-14-4-6-15(7-5-14)19(20,21)22/h4-7,16-17H,2-3,8-13H2,1H3,(H,23,24). The normalized spacial score (nSPS) is 24.3. The van der Waals surface area contributed by atoms with Crippen LogP contribution in [0.3, 0.4) is 0 Å². The molecule has 1 N–H and O–H groups in total. The molecular formula is C19H26F3N3O2. The van der Waals surface area contributed by atoms with Gasteiger partial charge in [-0.15, -0.1) is 0 Å². The van der Waals surface area contributed by atoms with E-state index in [2.05, 4.69) is 15.2 Å². The summed E-state index contributed by atoms with van der Waals surface area (Å²) in [6.45, 7) is 3.50. The summed E-state index contributed by atoms with van der Waals surface area (Å²) in [6.07, 6.45) is -1.37. The number of nitrogens with one attached hydrogen (secondary N) is 1. The van der Waals surface area contributed by atoms with Crippen molar-refractivity contribution in [2.45, 2.75) is 37.6 Å². The fourth-order valence-electron chi connectivity index (χ4n) is 3.50. The van der Waals surface area contributed by atoms with Gasteiger partial charge in [0.1, 0.15) is 6.10 Å². The number of hydrogen-bond acceptors (Lipinski definition) is 3. The summed E-state index contributed by atoms with van der Waals surface area (Å²) in [4.78, 5) is 6.49. The summed E-state index contributed by atoms with van der Waals surface area (Å²) in [6, 6.07) is 5.29. The van der Waals surface area contributed by atoms with Crippen molar-refractivity contribution in [1.29, 1.82) is 0 Å². The van der Waals surface area contributed by atoms with Gasteiger partial charge in [-0.25, -0.2) is 0 Å². The summed E-state index contributed by atoms with van der Waals surface area (Å²) in [7, 11) is 1.73. The molecule has 27 heavy (non-hydrogen) atoms. The van der Waals surface area contributed by atoms with Gasteiger partial charge in [0.25, 0.3) is 0 Å². The third-order valence-corrected chi connectivity index (χ3v) is 4.96. The van der Waals surface area contributed by atoms with Crippen molar-refractivity contribution in [2.24, 2.45) is 4.99 Å². The predicted octanol–water partition coefficient (Wildman–Crippen LogP) is 2.70. The van der Waals surface area contributed by atoms with Crippen molar-refractivity contribution in [3.8, 4) is 0 Å². The maximum absolute atomic E-state index is 12.6. The Morgan fingerprint density at radius 3 is 2.56 bits per heavy atom. The van der Waals surface area contributed by atoms with Gasteiger partial charge in [-0.3, -0.25) is 4.99 Å². The number of hydrogen-bond donors (Lipinski definition) is 1. The zero-order valence-electron chi connectivity index (χ0n) is 15.5. The lowest BCUT2D eigenvalue weighted by molar-refractivity contribution is -0.137. The summed E-state index contributed by atoms with van der Waals surface area (Å²) < 4.78 is 49.5. The molecule has 2 fully saturated rings. The van der Waals surface area contributed by atoms with Gasteiger partial charge in [0.05, 0.1) is 18.3 Å². The molecular weight excluding hydrogens is 359 g/mol. The highest BCUT2D eigenvalue weighted by molar-refractivity contribution is 5.80. The quantitative estimate of drug-likeness (QED) is 0.640. The highest BCUT2D eigenvalue weighted by Gasteiger charge is 2.32. The minimum Gasteiger partial charge on any atom is -0.375 e. The Labute approximate surface area is 157 Å². The molecule has 1 aromatic carbocycles. The van der Waals surface area contributed by atoms with Gasteiger partial charge in [0.2, 0.25) is 0 Å². The SMILES string of the molecule is CN=C(NCCc1ccc(C(F)(F)F)cc1)N1CCOC(C2CCCO2)C1. The van der Waals surface area contributed by atoms with Crippen molar-refractivity contribution in [3.05, 3.63) is 35.4 Å². The van der Waals surface area contributed by atoms with Crippen LogP contribution in [0, 0.1) is 0 Å². The van der Waals surface area contributed by atoms with Crippen LogP contribution in [0.2, 0.25) is 0 Å². The first kappa shape index (κ1) is 19.9. The molecule has 0 amide bonds. The number of morpholine rings is 1. The van der Waals surface area contributed by atoms with E-state index in [-0.39, 0.29) is 12.2 Å². The third kappa shape index (κ3) is 5.35.